The van der Waals surface area contributed by atoms with Gasteiger partial charge in [0.2, 0.25) is 0 Å². The van der Waals surface area contributed by atoms with Crippen LogP contribution in [0.25, 0.3) is 0 Å². The fourth-order valence-corrected chi connectivity index (χ4v) is 1.66. The highest BCUT2D eigenvalue weighted by Crippen LogP contribution is 2.22. The Hall–Kier alpha value is -1.10. The number of rotatable bonds is 8. The molecule has 0 aromatic heterocycles. The zero-order chi connectivity index (χ0) is 14.3. The Labute approximate surface area is 115 Å². The van der Waals surface area contributed by atoms with Crippen molar-refractivity contribution in [1.82, 2.24) is 5.32 Å². The maximum absolute atomic E-state index is 9.52. The van der Waals surface area contributed by atoms with E-state index < -0.39 is 6.10 Å². The van der Waals surface area contributed by atoms with E-state index in [-0.39, 0.29) is 6.10 Å². The van der Waals surface area contributed by atoms with Crippen molar-refractivity contribution in [3.8, 4) is 5.75 Å². The molecule has 1 aromatic rings. The van der Waals surface area contributed by atoms with Gasteiger partial charge in [0.1, 0.15) is 11.9 Å². The molecule has 2 unspecified atom stereocenters. The molecule has 19 heavy (non-hydrogen) atoms. The lowest BCUT2D eigenvalue weighted by molar-refractivity contribution is 0.0597. The second-order valence-electron chi connectivity index (χ2n) is 4.84. The van der Waals surface area contributed by atoms with E-state index >= 15 is 0 Å². The summed E-state index contributed by atoms with van der Waals surface area (Å²) in [5, 5.41) is 12.8. The molecule has 0 radical (unpaired) electrons. The first-order chi connectivity index (χ1) is 9.04. The lowest BCUT2D eigenvalue weighted by atomic mass is 10.1. The molecule has 0 saturated heterocycles. The maximum Gasteiger partial charge on any atom is 0.124 e. The third kappa shape index (κ3) is 5.59. The van der Waals surface area contributed by atoms with Crippen LogP contribution in [0.4, 0.5) is 0 Å². The number of aliphatic hydroxyl groups is 1. The Bertz CT molecular complexity index is 380. The molecular formula is C15H25NO3. The molecule has 4 heteroatoms. The highest BCUT2D eigenvalue weighted by atomic mass is 16.5. The number of aliphatic hydroxyl groups excluding tert-OH is 1. The number of benzene rings is 1. The van der Waals surface area contributed by atoms with Gasteiger partial charge in [-0.05, 0) is 26.8 Å². The highest BCUT2D eigenvalue weighted by molar-refractivity contribution is 5.37. The van der Waals surface area contributed by atoms with Crippen molar-refractivity contribution in [1.29, 1.82) is 0 Å². The minimum atomic E-state index is -0.490. The van der Waals surface area contributed by atoms with Crippen LogP contribution in [0.3, 0.4) is 0 Å². The summed E-state index contributed by atoms with van der Waals surface area (Å²) >= 11 is 0. The largest absolute Gasteiger partial charge is 0.488 e. The van der Waals surface area contributed by atoms with E-state index in [1.165, 1.54) is 5.56 Å². The van der Waals surface area contributed by atoms with Crippen LogP contribution in [-0.2, 0) is 11.3 Å². The summed E-state index contributed by atoms with van der Waals surface area (Å²) in [5.74, 6) is 0.823. The van der Waals surface area contributed by atoms with E-state index in [1.807, 2.05) is 19.1 Å². The zero-order valence-corrected chi connectivity index (χ0v) is 12.3. The standard InChI is InChI=1S/C15H25NO3/c1-11-5-6-15(19-13(3)12(2)17)14(9-11)10-16-7-8-18-4/h5-6,9,12-13,16-17H,7-8,10H2,1-4H3. The normalized spacial score (nSPS) is 14.2. The predicted molar refractivity (Wildman–Crippen MR) is 76.5 cm³/mol. The van der Waals surface area contributed by atoms with Crippen molar-refractivity contribution in [2.24, 2.45) is 0 Å². The van der Waals surface area contributed by atoms with E-state index in [0.717, 1.165) is 24.4 Å². The monoisotopic (exact) mass is 267 g/mol. The minimum Gasteiger partial charge on any atom is -0.488 e. The van der Waals surface area contributed by atoms with Gasteiger partial charge in [0.15, 0.2) is 0 Å². The number of nitrogens with one attached hydrogen (secondary N) is 1. The molecule has 0 aliphatic carbocycles. The molecule has 0 spiro atoms. The first-order valence-electron chi connectivity index (χ1n) is 6.68. The second-order valence-corrected chi connectivity index (χ2v) is 4.84. The van der Waals surface area contributed by atoms with Crippen LogP contribution >= 0.6 is 0 Å². The summed E-state index contributed by atoms with van der Waals surface area (Å²) in [6.45, 7) is 7.87. The summed E-state index contributed by atoms with van der Waals surface area (Å²) in [7, 11) is 1.69. The van der Waals surface area contributed by atoms with Gasteiger partial charge >= 0.3 is 0 Å². The molecule has 1 rings (SSSR count). The Morgan fingerprint density at radius 3 is 2.68 bits per heavy atom. The predicted octanol–water partition coefficient (Wildman–Crippen LogP) is 1.88. The lowest BCUT2D eigenvalue weighted by Crippen LogP contribution is -2.26. The number of methoxy groups -OCH3 is 1. The number of hydrogen-bond acceptors (Lipinski definition) is 4. The summed E-state index contributed by atoms with van der Waals surface area (Å²) in [6, 6.07) is 6.08. The summed E-state index contributed by atoms with van der Waals surface area (Å²) in [4.78, 5) is 0. The van der Waals surface area contributed by atoms with Crippen molar-refractivity contribution in [3.05, 3.63) is 29.3 Å². The SMILES string of the molecule is COCCNCc1cc(C)ccc1OC(C)C(C)O. The minimum absolute atomic E-state index is 0.222. The summed E-state index contributed by atoms with van der Waals surface area (Å²) < 4.78 is 10.8. The molecule has 0 saturated carbocycles. The fraction of sp³-hybridized carbons (Fsp3) is 0.600. The summed E-state index contributed by atoms with van der Waals surface area (Å²) in [6.07, 6.45) is -0.712. The third-order valence-corrected chi connectivity index (χ3v) is 3.01. The van der Waals surface area contributed by atoms with Gasteiger partial charge in [-0.1, -0.05) is 17.7 Å². The molecule has 0 fully saturated rings. The van der Waals surface area contributed by atoms with Crippen LogP contribution < -0.4 is 10.1 Å². The third-order valence-electron chi connectivity index (χ3n) is 3.01. The van der Waals surface area contributed by atoms with E-state index in [0.29, 0.717) is 6.61 Å². The number of aryl methyl sites for hydroxylation is 1. The molecule has 2 atom stereocenters. The first kappa shape index (κ1) is 16.0. The number of ether oxygens (including phenoxy) is 2. The van der Waals surface area contributed by atoms with E-state index in [2.05, 4.69) is 18.3 Å². The molecule has 0 amide bonds. The molecule has 2 N–H and O–H groups in total. The van der Waals surface area contributed by atoms with Crippen LogP contribution in [0, 0.1) is 6.92 Å². The Morgan fingerprint density at radius 1 is 1.32 bits per heavy atom. The summed E-state index contributed by atoms with van der Waals surface area (Å²) in [5.41, 5.74) is 2.30. The van der Waals surface area contributed by atoms with Gasteiger partial charge < -0.3 is 19.9 Å². The Balaban J connectivity index is 2.68. The first-order valence-corrected chi connectivity index (χ1v) is 6.68. The Morgan fingerprint density at radius 2 is 2.05 bits per heavy atom. The maximum atomic E-state index is 9.52. The highest BCUT2D eigenvalue weighted by Gasteiger charge is 2.12. The molecule has 108 valence electrons. The Kier molecular flexibility index (Phi) is 6.84. The fourth-order valence-electron chi connectivity index (χ4n) is 1.66. The molecular weight excluding hydrogens is 242 g/mol. The topological polar surface area (TPSA) is 50.7 Å². The van der Waals surface area contributed by atoms with Gasteiger partial charge in [-0.2, -0.15) is 0 Å². The lowest BCUT2D eigenvalue weighted by Gasteiger charge is -2.20. The van der Waals surface area contributed by atoms with E-state index in [4.69, 9.17) is 9.47 Å². The average molecular weight is 267 g/mol. The molecule has 1 aromatic carbocycles. The van der Waals surface area contributed by atoms with Crippen molar-refractivity contribution in [2.75, 3.05) is 20.3 Å². The van der Waals surface area contributed by atoms with Gasteiger partial charge in [-0.3, -0.25) is 0 Å². The van der Waals surface area contributed by atoms with Crippen molar-refractivity contribution >= 4 is 0 Å². The quantitative estimate of drug-likeness (QED) is 0.706. The van der Waals surface area contributed by atoms with Crippen LogP contribution in [0.2, 0.25) is 0 Å². The van der Waals surface area contributed by atoms with Crippen molar-refractivity contribution in [3.63, 3.8) is 0 Å². The van der Waals surface area contributed by atoms with Crippen LogP contribution in [0.5, 0.6) is 5.75 Å². The average Bonchev–Trinajstić information content (AvgIpc) is 2.37. The zero-order valence-electron chi connectivity index (χ0n) is 12.3. The van der Waals surface area contributed by atoms with Gasteiger partial charge in [0.25, 0.3) is 0 Å². The number of hydrogen-bond donors (Lipinski definition) is 2. The van der Waals surface area contributed by atoms with Gasteiger partial charge in [-0.15, -0.1) is 0 Å². The smallest absolute Gasteiger partial charge is 0.124 e. The van der Waals surface area contributed by atoms with Crippen molar-refractivity contribution in [2.45, 2.75) is 39.5 Å². The van der Waals surface area contributed by atoms with Crippen LogP contribution in [0.15, 0.2) is 18.2 Å². The second kappa shape index (κ2) is 8.15. The molecule has 0 aliphatic heterocycles. The molecule has 0 heterocycles. The van der Waals surface area contributed by atoms with Gasteiger partial charge in [0.05, 0.1) is 12.7 Å². The molecule has 0 aliphatic rings. The van der Waals surface area contributed by atoms with E-state index in [1.54, 1.807) is 14.0 Å². The molecule has 0 bridgehead atoms. The molecule has 4 nitrogen and oxygen atoms in total. The van der Waals surface area contributed by atoms with Crippen molar-refractivity contribution < 1.29 is 14.6 Å². The van der Waals surface area contributed by atoms with Gasteiger partial charge in [-0.25, -0.2) is 0 Å². The van der Waals surface area contributed by atoms with E-state index in [9.17, 15) is 5.11 Å². The van der Waals surface area contributed by atoms with Crippen LogP contribution in [0.1, 0.15) is 25.0 Å². The van der Waals surface area contributed by atoms with Gasteiger partial charge in [0, 0.05) is 25.8 Å². The van der Waals surface area contributed by atoms with Crippen LogP contribution in [-0.4, -0.2) is 37.6 Å².